The Kier molecular flexibility index (Phi) is 15.3. The normalized spacial score (nSPS) is 14.2. The molecule has 0 aliphatic carbocycles. The van der Waals surface area contributed by atoms with Gasteiger partial charge in [0, 0.05) is 0 Å². The van der Waals surface area contributed by atoms with E-state index >= 15 is 0 Å². The van der Waals surface area contributed by atoms with Crippen LogP contribution in [-0.4, -0.2) is 13.2 Å². The van der Waals surface area contributed by atoms with Gasteiger partial charge in [0.05, 0.1) is 13.2 Å². The molecule has 0 heterocycles. The quantitative estimate of drug-likeness (QED) is 0.312. The Morgan fingerprint density at radius 2 is 1.50 bits per heavy atom. The summed E-state index contributed by atoms with van der Waals surface area (Å²) in [6.07, 6.45) is 5.98. The van der Waals surface area contributed by atoms with Crippen LogP contribution in [0, 0.1) is 0 Å². The zero-order valence-electron chi connectivity index (χ0n) is 10.7. The van der Waals surface area contributed by atoms with Gasteiger partial charge in [-0.3, -0.25) is 4.57 Å². The van der Waals surface area contributed by atoms with Gasteiger partial charge in [-0.05, 0) is 12.8 Å². The molecular formula is C10H22NaO4P. The van der Waals surface area contributed by atoms with E-state index in [1.165, 1.54) is 12.8 Å². The minimum Gasteiger partial charge on any atom is -0.756 e. The Morgan fingerprint density at radius 1 is 0.938 bits per heavy atom. The molecule has 0 spiro atoms. The van der Waals surface area contributed by atoms with Crippen molar-refractivity contribution < 1.29 is 48.1 Å². The molecule has 0 saturated heterocycles. The van der Waals surface area contributed by atoms with Crippen LogP contribution in [0.1, 0.15) is 52.4 Å². The number of unbranched alkanes of at least 4 members (excludes halogenated alkanes) is 4. The molecule has 0 rings (SSSR count). The molecule has 16 heavy (non-hydrogen) atoms. The zero-order chi connectivity index (χ0) is 11.6. The molecule has 0 aliphatic rings. The van der Waals surface area contributed by atoms with Crippen LogP contribution in [0.25, 0.3) is 0 Å². The number of phosphoric acid groups is 1. The summed E-state index contributed by atoms with van der Waals surface area (Å²) in [6, 6.07) is 0. The molecule has 0 amide bonds. The third-order valence-electron chi connectivity index (χ3n) is 1.95. The van der Waals surface area contributed by atoms with Gasteiger partial charge < -0.3 is 13.9 Å². The molecule has 0 N–H and O–H groups in total. The van der Waals surface area contributed by atoms with Crippen LogP contribution < -0.4 is 34.5 Å². The topological polar surface area (TPSA) is 58.6 Å². The van der Waals surface area contributed by atoms with Crippen LogP contribution in [0.3, 0.4) is 0 Å². The summed E-state index contributed by atoms with van der Waals surface area (Å²) in [7, 11) is -4.01. The summed E-state index contributed by atoms with van der Waals surface area (Å²) >= 11 is 0. The predicted octanol–water partition coefficient (Wildman–Crippen LogP) is -0.128. The Bertz CT molecular complexity index is 190. The van der Waals surface area contributed by atoms with E-state index < -0.39 is 7.82 Å². The van der Waals surface area contributed by atoms with E-state index in [2.05, 4.69) is 16.0 Å². The summed E-state index contributed by atoms with van der Waals surface area (Å²) in [5.41, 5.74) is 0. The van der Waals surface area contributed by atoms with Crippen LogP contribution in [0.4, 0.5) is 0 Å². The van der Waals surface area contributed by atoms with Gasteiger partial charge in [-0.15, -0.1) is 0 Å². The fourth-order valence-corrected chi connectivity index (χ4v) is 1.96. The van der Waals surface area contributed by atoms with E-state index in [1.807, 2.05) is 6.92 Å². The Morgan fingerprint density at radius 3 is 2.06 bits per heavy atom. The van der Waals surface area contributed by atoms with Gasteiger partial charge in [0.2, 0.25) is 0 Å². The van der Waals surface area contributed by atoms with Crippen LogP contribution in [0.2, 0.25) is 0 Å². The molecule has 0 saturated carbocycles. The molecule has 0 aromatic heterocycles. The molecule has 0 radical (unpaired) electrons. The van der Waals surface area contributed by atoms with E-state index in [1.54, 1.807) is 0 Å². The average molecular weight is 260 g/mol. The predicted molar refractivity (Wildman–Crippen MR) is 58.6 cm³/mol. The van der Waals surface area contributed by atoms with Crippen molar-refractivity contribution in [2.45, 2.75) is 52.4 Å². The molecule has 92 valence electrons. The maximum absolute atomic E-state index is 11.1. The molecule has 1 atom stereocenters. The van der Waals surface area contributed by atoms with Gasteiger partial charge in [0.15, 0.2) is 0 Å². The smallest absolute Gasteiger partial charge is 0.756 e. The standard InChI is InChI=1S/C10H23O4P.Na/c1-3-5-6-7-8-10-14-15(11,12)13-9-4-2;/h3-10H2,1-2H3,(H,11,12);/q;+1/p-1. The Balaban J connectivity index is 0. The number of hydrogen-bond acceptors (Lipinski definition) is 4. The van der Waals surface area contributed by atoms with E-state index in [0.717, 1.165) is 19.3 Å². The first-order valence-corrected chi connectivity index (χ1v) is 7.18. The minimum atomic E-state index is -4.01. The first kappa shape index (κ1) is 19.4. The van der Waals surface area contributed by atoms with Crippen molar-refractivity contribution in [2.75, 3.05) is 13.2 Å². The van der Waals surface area contributed by atoms with Crippen molar-refractivity contribution in [1.29, 1.82) is 0 Å². The third-order valence-corrected chi connectivity index (χ3v) is 2.95. The zero-order valence-corrected chi connectivity index (χ0v) is 13.6. The summed E-state index contributed by atoms with van der Waals surface area (Å²) in [4.78, 5) is 11.1. The van der Waals surface area contributed by atoms with Gasteiger partial charge >= 0.3 is 29.6 Å². The van der Waals surface area contributed by atoms with Crippen molar-refractivity contribution in [2.24, 2.45) is 0 Å². The maximum atomic E-state index is 11.1. The SMILES string of the molecule is CCCCCCCOP(=O)([O-])OCCC.[Na+]. The Hall–Kier alpha value is 1.11. The summed E-state index contributed by atoms with van der Waals surface area (Å²) in [6.45, 7) is 4.44. The number of rotatable bonds is 10. The molecule has 0 bridgehead atoms. The minimum absolute atomic E-state index is 0. The third kappa shape index (κ3) is 13.2. The van der Waals surface area contributed by atoms with Crippen LogP contribution >= 0.6 is 7.82 Å². The second-order valence-corrected chi connectivity index (χ2v) is 4.94. The van der Waals surface area contributed by atoms with Gasteiger partial charge in [0.25, 0.3) is 7.82 Å². The van der Waals surface area contributed by atoms with Gasteiger partial charge in [-0.1, -0.05) is 39.5 Å². The summed E-state index contributed by atoms with van der Waals surface area (Å²) in [5, 5.41) is 0. The van der Waals surface area contributed by atoms with Crippen molar-refractivity contribution in [3.05, 3.63) is 0 Å². The van der Waals surface area contributed by atoms with Gasteiger partial charge in [-0.2, -0.15) is 0 Å². The largest absolute Gasteiger partial charge is 1.00 e. The molecule has 4 nitrogen and oxygen atoms in total. The molecule has 0 aromatic carbocycles. The summed E-state index contributed by atoms with van der Waals surface area (Å²) < 4.78 is 20.3. The van der Waals surface area contributed by atoms with Crippen molar-refractivity contribution >= 4 is 7.82 Å². The van der Waals surface area contributed by atoms with E-state index in [0.29, 0.717) is 6.42 Å². The second kappa shape index (κ2) is 12.6. The molecule has 0 aliphatic heterocycles. The Labute approximate surface area is 121 Å². The summed E-state index contributed by atoms with van der Waals surface area (Å²) in [5.74, 6) is 0. The maximum Gasteiger partial charge on any atom is 1.00 e. The fraction of sp³-hybridized carbons (Fsp3) is 1.00. The van der Waals surface area contributed by atoms with Crippen LogP contribution in [-0.2, 0) is 13.6 Å². The van der Waals surface area contributed by atoms with Gasteiger partial charge in [0.1, 0.15) is 0 Å². The first-order chi connectivity index (χ1) is 7.12. The average Bonchev–Trinajstić information content (AvgIpc) is 2.20. The first-order valence-electron chi connectivity index (χ1n) is 5.72. The van der Waals surface area contributed by atoms with Gasteiger partial charge in [-0.25, -0.2) is 0 Å². The molecule has 1 unspecified atom stereocenters. The molecule has 0 aromatic rings. The molecular weight excluding hydrogens is 238 g/mol. The molecule has 6 heteroatoms. The monoisotopic (exact) mass is 260 g/mol. The number of phosphoric ester groups is 1. The van der Waals surface area contributed by atoms with E-state index in [4.69, 9.17) is 0 Å². The van der Waals surface area contributed by atoms with E-state index in [9.17, 15) is 9.46 Å². The van der Waals surface area contributed by atoms with Crippen molar-refractivity contribution in [1.82, 2.24) is 0 Å². The number of hydrogen-bond donors (Lipinski definition) is 0. The van der Waals surface area contributed by atoms with E-state index in [-0.39, 0.29) is 42.8 Å². The van der Waals surface area contributed by atoms with Crippen molar-refractivity contribution in [3.8, 4) is 0 Å². The molecule has 0 fully saturated rings. The van der Waals surface area contributed by atoms with Crippen LogP contribution in [0.5, 0.6) is 0 Å². The second-order valence-electron chi connectivity index (χ2n) is 3.53. The van der Waals surface area contributed by atoms with Crippen molar-refractivity contribution in [3.63, 3.8) is 0 Å². The van der Waals surface area contributed by atoms with Crippen LogP contribution in [0.15, 0.2) is 0 Å². The fourth-order valence-electron chi connectivity index (χ4n) is 1.12.